The van der Waals surface area contributed by atoms with Crippen molar-refractivity contribution in [3.8, 4) is 11.8 Å². The summed E-state index contributed by atoms with van der Waals surface area (Å²) in [7, 11) is 0. The van der Waals surface area contributed by atoms with Gasteiger partial charge in [0.15, 0.2) is 5.16 Å². The number of nitrogen functional groups attached to an aromatic ring is 1. The number of carbonyl (C=O) groups excluding carboxylic acids is 1. The van der Waals surface area contributed by atoms with E-state index in [0.717, 1.165) is 17.5 Å². The van der Waals surface area contributed by atoms with Gasteiger partial charge < -0.3 is 15.8 Å². The highest BCUT2D eigenvalue weighted by Gasteiger charge is 2.13. The molecule has 1 aromatic carbocycles. The molecule has 0 aliphatic rings. The third kappa shape index (κ3) is 6.46. The molecule has 0 bridgehead atoms. The van der Waals surface area contributed by atoms with Crippen molar-refractivity contribution in [1.29, 1.82) is 5.26 Å². The fourth-order valence-electron chi connectivity index (χ4n) is 2.13. The lowest BCUT2D eigenvalue weighted by Gasteiger charge is -2.19. The molecule has 2 rings (SSSR count). The second-order valence-corrected chi connectivity index (χ2v) is 7.77. The number of rotatable bonds is 7. The number of hydrogen-bond acceptors (Lipinski definition) is 7. The molecule has 0 atom stereocenters. The van der Waals surface area contributed by atoms with E-state index in [4.69, 9.17) is 15.7 Å². The number of thioether (sulfide) groups is 1. The minimum absolute atomic E-state index is 0.105. The van der Waals surface area contributed by atoms with Gasteiger partial charge in [0.05, 0.1) is 18.5 Å². The van der Waals surface area contributed by atoms with E-state index in [1.165, 1.54) is 11.8 Å². The molecular weight excluding hydrogens is 362 g/mol. The Bertz CT molecular complexity index is 825. The highest BCUT2D eigenvalue weighted by molar-refractivity contribution is 7.99. The number of amides is 1. The largest absolute Gasteiger partial charge is 0.492 e. The first kappa shape index (κ1) is 20.5. The molecular formula is C19H23N5O2S. The number of nitrogens with two attached hydrogens (primary N) is 1. The molecule has 0 aliphatic heterocycles. The summed E-state index contributed by atoms with van der Waals surface area (Å²) in [5.41, 5.74) is 7.19. The standard InChI is InChI=1S/C19H23N5O2S/c1-19(2,3)14-4-6-15(7-5-14)26-9-8-22-16(25)12-27-18-23-11-13(10-20)17(21)24-18/h4-7,11H,8-9,12H2,1-3H3,(H,22,25)(H2,21,23,24). The molecule has 1 heterocycles. The minimum atomic E-state index is -0.154. The first-order valence-electron chi connectivity index (χ1n) is 8.45. The quantitative estimate of drug-likeness (QED) is 0.427. The van der Waals surface area contributed by atoms with Crippen LogP contribution >= 0.6 is 11.8 Å². The zero-order valence-corrected chi connectivity index (χ0v) is 16.5. The van der Waals surface area contributed by atoms with Crippen LogP contribution in [-0.4, -0.2) is 34.8 Å². The van der Waals surface area contributed by atoms with Crippen molar-refractivity contribution < 1.29 is 9.53 Å². The van der Waals surface area contributed by atoms with Gasteiger partial charge in [-0.05, 0) is 23.1 Å². The average Bonchev–Trinajstić information content (AvgIpc) is 2.63. The van der Waals surface area contributed by atoms with E-state index in [2.05, 4.69) is 36.1 Å². The monoisotopic (exact) mass is 385 g/mol. The summed E-state index contributed by atoms with van der Waals surface area (Å²) < 4.78 is 5.63. The first-order chi connectivity index (χ1) is 12.8. The van der Waals surface area contributed by atoms with Crippen molar-refractivity contribution in [2.75, 3.05) is 24.6 Å². The number of hydrogen-bond donors (Lipinski definition) is 2. The molecule has 0 saturated carbocycles. The van der Waals surface area contributed by atoms with E-state index in [0.29, 0.717) is 18.3 Å². The fraction of sp³-hybridized carbons (Fsp3) is 0.368. The van der Waals surface area contributed by atoms with Crippen LogP contribution in [0.5, 0.6) is 5.75 Å². The number of nitrogens with zero attached hydrogens (tertiary/aromatic N) is 3. The second kappa shape index (κ2) is 9.24. The lowest BCUT2D eigenvalue weighted by Crippen LogP contribution is -2.29. The van der Waals surface area contributed by atoms with Crippen LogP contribution in [0.25, 0.3) is 0 Å². The number of nitrogens with one attached hydrogen (secondary N) is 1. The van der Waals surface area contributed by atoms with Gasteiger partial charge in [-0.3, -0.25) is 4.79 Å². The smallest absolute Gasteiger partial charge is 0.230 e. The molecule has 2 aromatic rings. The Labute approximate surface area is 163 Å². The maximum Gasteiger partial charge on any atom is 0.230 e. The van der Waals surface area contributed by atoms with Crippen molar-refractivity contribution >= 4 is 23.5 Å². The van der Waals surface area contributed by atoms with Crippen LogP contribution in [0, 0.1) is 11.3 Å². The van der Waals surface area contributed by atoms with Gasteiger partial charge >= 0.3 is 0 Å². The van der Waals surface area contributed by atoms with Gasteiger partial charge in [-0.25, -0.2) is 9.97 Å². The summed E-state index contributed by atoms with van der Waals surface area (Å²) in [5, 5.41) is 11.9. The Morgan fingerprint density at radius 2 is 2.04 bits per heavy atom. The van der Waals surface area contributed by atoms with Crippen LogP contribution in [0.15, 0.2) is 35.6 Å². The van der Waals surface area contributed by atoms with Gasteiger partial charge in [-0.15, -0.1) is 0 Å². The third-order valence-electron chi connectivity index (χ3n) is 3.66. The molecule has 0 unspecified atom stereocenters. The summed E-state index contributed by atoms with van der Waals surface area (Å²) in [5.74, 6) is 0.888. The lowest BCUT2D eigenvalue weighted by atomic mass is 9.87. The van der Waals surface area contributed by atoms with Crippen molar-refractivity contribution in [3.05, 3.63) is 41.6 Å². The molecule has 142 valence electrons. The number of benzene rings is 1. The number of aromatic nitrogens is 2. The highest BCUT2D eigenvalue weighted by atomic mass is 32.2. The van der Waals surface area contributed by atoms with Gasteiger partial charge in [0.1, 0.15) is 29.8 Å². The number of carbonyl (C=O) groups is 1. The predicted octanol–water partition coefficient (Wildman–Crippen LogP) is 2.52. The Balaban J connectivity index is 1.69. The Kier molecular flexibility index (Phi) is 7.02. The van der Waals surface area contributed by atoms with Crippen LogP contribution in [-0.2, 0) is 10.2 Å². The van der Waals surface area contributed by atoms with Crippen molar-refractivity contribution in [3.63, 3.8) is 0 Å². The lowest BCUT2D eigenvalue weighted by molar-refractivity contribution is -0.118. The molecule has 0 spiro atoms. The maximum atomic E-state index is 11.9. The SMILES string of the molecule is CC(C)(C)c1ccc(OCCNC(=O)CSc2ncc(C#N)c(N)n2)cc1. The van der Waals surface area contributed by atoms with Gasteiger partial charge in [0.25, 0.3) is 0 Å². The maximum absolute atomic E-state index is 11.9. The number of nitriles is 1. The third-order valence-corrected chi connectivity index (χ3v) is 4.52. The van der Waals surface area contributed by atoms with E-state index in [-0.39, 0.29) is 28.5 Å². The van der Waals surface area contributed by atoms with E-state index in [9.17, 15) is 4.79 Å². The molecule has 3 N–H and O–H groups in total. The first-order valence-corrected chi connectivity index (χ1v) is 9.43. The van der Waals surface area contributed by atoms with Crippen LogP contribution in [0.2, 0.25) is 0 Å². The second-order valence-electron chi connectivity index (χ2n) is 6.82. The van der Waals surface area contributed by atoms with E-state index >= 15 is 0 Å². The van der Waals surface area contributed by atoms with Gasteiger partial charge in [0.2, 0.25) is 5.91 Å². The van der Waals surface area contributed by atoms with Crippen molar-refractivity contribution in [1.82, 2.24) is 15.3 Å². The zero-order valence-electron chi connectivity index (χ0n) is 15.7. The Morgan fingerprint density at radius 1 is 1.33 bits per heavy atom. The molecule has 0 aliphatic carbocycles. The number of ether oxygens (including phenoxy) is 1. The molecule has 0 fully saturated rings. The van der Waals surface area contributed by atoms with Gasteiger partial charge in [-0.2, -0.15) is 5.26 Å². The predicted molar refractivity (Wildman–Crippen MR) is 106 cm³/mol. The fourth-order valence-corrected chi connectivity index (χ4v) is 2.78. The van der Waals surface area contributed by atoms with Crippen molar-refractivity contribution in [2.45, 2.75) is 31.3 Å². The van der Waals surface area contributed by atoms with Crippen LogP contribution in [0.1, 0.15) is 31.9 Å². The van der Waals surface area contributed by atoms with Crippen molar-refractivity contribution in [2.24, 2.45) is 0 Å². The minimum Gasteiger partial charge on any atom is -0.492 e. The van der Waals surface area contributed by atoms with Crippen LogP contribution in [0.3, 0.4) is 0 Å². The molecule has 27 heavy (non-hydrogen) atoms. The summed E-state index contributed by atoms with van der Waals surface area (Å²) in [4.78, 5) is 19.8. The zero-order chi connectivity index (χ0) is 19.9. The summed E-state index contributed by atoms with van der Waals surface area (Å²) in [6.07, 6.45) is 1.35. The van der Waals surface area contributed by atoms with Gasteiger partial charge in [0, 0.05) is 0 Å². The van der Waals surface area contributed by atoms with E-state index < -0.39 is 0 Å². The topological polar surface area (TPSA) is 114 Å². The average molecular weight is 385 g/mol. The molecule has 7 nitrogen and oxygen atoms in total. The molecule has 0 radical (unpaired) electrons. The van der Waals surface area contributed by atoms with E-state index in [1.807, 2.05) is 30.3 Å². The Morgan fingerprint density at radius 3 is 2.63 bits per heavy atom. The Hall–Kier alpha value is -2.79. The highest BCUT2D eigenvalue weighted by Crippen LogP contribution is 2.24. The summed E-state index contributed by atoms with van der Waals surface area (Å²) in [6, 6.07) is 9.86. The van der Waals surface area contributed by atoms with Gasteiger partial charge in [-0.1, -0.05) is 44.7 Å². The molecule has 0 saturated heterocycles. The normalized spacial score (nSPS) is 10.9. The number of anilines is 1. The summed E-state index contributed by atoms with van der Waals surface area (Å²) >= 11 is 1.16. The molecule has 1 amide bonds. The van der Waals surface area contributed by atoms with Crippen LogP contribution < -0.4 is 15.8 Å². The molecule has 8 heteroatoms. The van der Waals surface area contributed by atoms with Crippen LogP contribution in [0.4, 0.5) is 5.82 Å². The van der Waals surface area contributed by atoms with E-state index in [1.54, 1.807) is 0 Å². The molecule has 1 aromatic heterocycles. The summed E-state index contributed by atoms with van der Waals surface area (Å²) in [6.45, 7) is 7.26.